The fourth-order valence-corrected chi connectivity index (χ4v) is 3.48. The van der Waals surface area contributed by atoms with Crippen LogP contribution in [0.2, 0.25) is 0 Å². The van der Waals surface area contributed by atoms with Gasteiger partial charge in [-0.2, -0.15) is 0 Å². The first-order chi connectivity index (χ1) is 13.6. The minimum absolute atomic E-state index is 0.0412. The average molecular weight is 383 g/mol. The van der Waals surface area contributed by atoms with Crippen LogP contribution < -0.4 is 14.8 Å². The number of rotatable bonds is 7. The van der Waals surface area contributed by atoms with E-state index >= 15 is 0 Å². The topological polar surface area (TPSA) is 54.0 Å². The van der Waals surface area contributed by atoms with Crippen molar-refractivity contribution in [2.24, 2.45) is 0 Å². The normalized spacial score (nSPS) is 16.4. The number of amides is 1. The van der Waals surface area contributed by atoms with Crippen molar-refractivity contribution in [3.05, 3.63) is 54.1 Å². The van der Waals surface area contributed by atoms with E-state index in [1.807, 2.05) is 49.4 Å². The third-order valence-corrected chi connectivity index (χ3v) is 5.23. The maximum Gasteiger partial charge on any atom is 0.241 e. The Morgan fingerprint density at radius 2 is 1.68 bits per heavy atom. The largest absolute Gasteiger partial charge is 0.493 e. The van der Waals surface area contributed by atoms with Crippen molar-refractivity contribution in [2.75, 3.05) is 45.7 Å². The first-order valence-electron chi connectivity index (χ1n) is 9.64. The number of carbonyl (C=O) groups excluding carboxylic acids is 1. The molecule has 150 valence electrons. The summed E-state index contributed by atoms with van der Waals surface area (Å²) in [7, 11) is 3.30. The second kappa shape index (κ2) is 9.57. The Kier molecular flexibility index (Phi) is 6.90. The zero-order valence-corrected chi connectivity index (χ0v) is 16.9. The van der Waals surface area contributed by atoms with Gasteiger partial charge in [0, 0.05) is 38.4 Å². The fraction of sp³-hybridized carbons (Fsp3) is 0.409. The molecule has 6 nitrogen and oxygen atoms in total. The quantitative estimate of drug-likeness (QED) is 0.797. The van der Waals surface area contributed by atoms with E-state index in [1.54, 1.807) is 14.2 Å². The number of ether oxygens (including phenoxy) is 2. The molecule has 1 aliphatic heterocycles. The van der Waals surface area contributed by atoms with Crippen LogP contribution in [0.3, 0.4) is 0 Å². The van der Waals surface area contributed by atoms with E-state index < -0.39 is 0 Å². The molecule has 1 N–H and O–H groups in total. The molecule has 0 saturated carbocycles. The van der Waals surface area contributed by atoms with Crippen molar-refractivity contribution in [1.29, 1.82) is 0 Å². The van der Waals surface area contributed by atoms with E-state index in [4.69, 9.17) is 9.47 Å². The maximum absolute atomic E-state index is 12.5. The Hall–Kier alpha value is -2.57. The van der Waals surface area contributed by atoms with Gasteiger partial charge >= 0.3 is 0 Å². The van der Waals surface area contributed by atoms with Crippen LogP contribution in [0.5, 0.6) is 11.5 Å². The zero-order valence-electron chi connectivity index (χ0n) is 16.9. The number of nitrogens with one attached hydrogen (secondary N) is 1. The molecule has 2 aromatic rings. The van der Waals surface area contributed by atoms with Gasteiger partial charge in [-0.3, -0.25) is 14.6 Å². The van der Waals surface area contributed by atoms with Crippen LogP contribution in [0.4, 0.5) is 5.69 Å². The van der Waals surface area contributed by atoms with E-state index in [0.717, 1.165) is 49.9 Å². The molecule has 6 heteroatoms. The molecule has 0 bridgehead atoms. The SMILES string of the molecule is COc1ccc(CN2CCN([C@H](C)C(=O)Nc3ccccc3)CC2)cc1OC. The van der Waals surface area contributed by atoms with E-state index in [2.05, 4.69) is 21.2 Å². The summed E-state index contributed by atoms with van der Waals surface area (Å²) >= 11 is 0. The molecule has 1 atom stereocenters. The minimum Gasteiger partial charge on any atom is -0.493 e. The lowest BCUT2D eigenvalue weighted by Crippen LogP contribution is -2.52. The molecule has 1 aliphatic rings. The Labute approximate surface area is 167 Å². The summed E-state index contributed by atoms with van der Waals surface area (Å²) in [4.78, 5) is 17.2. The summed E-state index contributed by atoms with van der Waals surface area (Å²) in [5.74, 6) is 1.54. The van der Waals surface area contributed by atoms with Crippen LogP contribution in [-0.4, -0.2) is 62.1 Å². The Balaban J connectivity index is 1.50. The van der Waals surface area contributed by atoms with Crippen molar-refractivity contribution in [3.8, 4) is 11.5 Å². The molecule has 0 aromatic heterocycles. The average Bonchev–Trinajstić information content (AvgIpc) is 2.74. The van der Waals surface area contributed by atoms with Crippen LogP contribution in [0.15, 0.2) is 48.5 Å². The lowest BCUT2D eigenvalue weighted by molar-refractivity contribution is -0.121. The highest BCUT2D eigenvalue weighted by Gasteiger charge is 2.25. The van der Waals surface area contributed by atoms with Gasteiger partial charge in [-0.1, -0.05) is 24.3 Å². The second-order valence-electron chi connectivity index (χ2n) is 7.03. The number of hydrogen-bond donors (Lipinski definition) is 1. The molecule has 1 amide bonds. The van der Waals surface area contributed by atoms with Crippen LogP contribution in [-0.2, 0) is 11.3 Å². The number of piperazine rings is 1. The zero-order chi connectivity index (χ0) is 19.9. The summed E-state index contributed by atoms with van der Waals surface area (Å²) in [5, 5.41) is 2.99. The third kappa shape index (κ3) is 5.03. The number of hydrogen-bond acceptors (Lipinski definition) is 5. The van der Waals surface area contributed by atoms with Gasteiger partial charge in [0.05, 0.1) is 20.3 Å². The van der Waals surface area contributed by atoms with Gasteiger partial charge in [0.15, 0.2) is 11.5 Å². The van der Waals surface area contributed by atoms with Crippen LogP contribution in [0, 0.1) is 0 Å². The molecule has 28 heavy (non-hydrogen) atoms. The monoisotopic (exact) mass is 383 g/mol. The first-order valence-corrected chi connectivity index (χ1v) is 9.64. The second-order valence-corrected chi connectivity index (χ2v) is 7.03. The summed E-state index contributed by atoms with van der Waals surface area (Å²) in [6, 6.07) is 15.5. The van der Waals surface area contributed by atoms with Gasteiger partial charge in [-0.25, -0.2) is 0 Å². The van der Waals surface area contributed by atoms with Crippen molar-refractivity contribution in [3.63, 3.8) is 0 Å². The maximum atomic E-state index is 12.5. The standard InChI is InChI=1S/C22H29N3O3/c1-17(22(26)23-19-7-5-4-6-8-19)25-13-11-24(12-14-25)16-18-9-10-20(27-2)21(15-18)28-3/h4-10,15,17H,11-14,16H2,1-3H3,(H,23,26)/t17-/m1/s1. The van der Waals surface area contributed by atoms with Gasteiger partial charge in [0.2, 0.25) is 5.91 Å². The van der Waals surface area contributed by atoms with Gasteiger partial charge in [0.1, 0.15) is 0 Å². The van der Waals surface area contributed by atoms with E-state index in [0.29, 0.717) is 0 Å². The molecule has 1 heterocycles. The molecule has 1 fully saturated rings. The highest BCUT2D eigenvalue weighted by Crippen LogP contribution is 2.28. The Morgan fingerprint density at radius 1 is 1.00 bits per heavy atom. The number of anilines is 1. The molecule has 1 saturated heterocycles. The molecule has 2 aromatic carbocycles. The van der Waals surface area contributed by atoms with Crippen molar-refractivity contribution in [1.82, 2.24) is 9.80 Å². The first kappa shape index (κ1) is 20.2. The number of nitrogens with zero attached hydrogens (tertiary/aromatic N) is 2. The molecule has 0 radical (unpaired) electrons. The molecule has 0 spiro atoms. The summed E-state index contributed by atoms with van der Waals surface area (Å²) in [5.41, 5.74) is 2.03. The predicted octanol–water partition coefficient (Wildman–Crippen LogP) is 2.85. The van der Waals surface area contributed by atoms with Gasteiger partial charge in [-0.15, -0.1) is 0 Å². The number of carbonyl (C=O) groups is 1. The van der Waals surface area contributed by atoms with Crippen LogP contribution in [0.1, 0.15) is 12.5 Å². The van der Waals surface area contributed by atoms with Gasteiger partial charge in [-0.05, 0) is 36.8 Å². The lowest BCUT2D eigenvalue weighted by atomic mass is 10.1. The van der Waals surface area contributed by atoms with Gasteiger partial charge in [0.25, 0.3) is 0 Å². The molecular weight excluding hydrogens is 354 g/mol. The summed E-state index contributed by atoms with van der Waals surface area (Å²) in [6.07, 6.45) is 0. The number of para-hydroxylation sites is 1. The van der Waals surface area contributed by atoms with Crippen LogP contribution >= 0.6 is 0 Å². The summed E-state index contributed by atoms with van der Waals surface area (Å²) in [6.45, 7) is 6.43. The number of benzene rings is 2. The van der Waals surface area contributed by atoms with Crippen molar-refractivity contribution in [2.45, 2.75) is 19.5 Å². The Morgan fingerprint density at radius 3 is 2.32 bits per heavy atom. The lowest BCUT2D eigenvalue weighted by Gasteiger charge is -2.37. The minimum atomic E-state index is -0.150. The van der Waals surface area contributed by atoms with Crippen molar-refractivity contribution >= 4 is 11.6 Å². The van der Waals surface area contributed by atoms with Gasteiger partial charge < -0.3 is 14.8 Å². The fourth-order valence-electron chi connectivity index (χ4n) is 3.48. The van der Waals surface area contributed by atoms with E-state index in [9.17, 15) is 4.79 Å². The predicted molar refractivity (Wildman–Crippen MR) is 111 cm³/mol. The molecule has 0 unspecified atom stereocenters. The summed E-state index contributed by atoms with van der Waals surface area (Å²) < 4.78 is 10.7. The third-order valence-electron chi connectivity index (χ3n) is 5.23. The van der Waals surface area contributed by atoms with E-state index in [-0.39, 0.29) is 11.9 Å². The molecular formula is C22H29N3O3. The highest BCUT2D eigenvalue weighted by atomic mass is 16.5. The smallest absolute Gasteiger partial charge is 0.241 e. The number of methoxy groups -OCH3 is 2. The highest BCUT2D eigenvalue weighted by molar-refractivity contribution is 5.94. The van der Waals surface area contributed by atoms with E-state index in [1.165, 1.54) is 5.56 Å². The van der Waals surface area contributed by atoms with Crippen molar-refractivity contribution < 1.29 is 14.3 Å². The molecule has 0 aliphatic carbocycles. The Bertz CT molecular complexity index is 774. The molecule has 3 rings (SSSR count). The van der Waals surface area contributed by atoms with Crippen LogP contribution in [0.25, 0.3) is 0 Å².